The Morgan fingerprint density at radius 3 is 2.68 bits per heavy atom. The van der Waals surface area contributed by atoms with Gasteiger partial charge in [0.2, 0.25) is 17.7 Å². The minimum Gasteiger partial charge on any atom is -0.437 e. The summed E-state index contributed by atoms with van der Waals surface area (Å²) in [6, 6.07) is 7.11. The molecule has 3 rings (SSSR count). The molecule has 1 aliphatic heterocycles. The van der Waals surface area contributed by atoms with Gasteiger partial charge in [-0.2, -0.15) is 0 Å². The molecule has 7 nitrogen and oxygen atoms in total. The number of ether oxygens (including phenoxy) is 1. The lowest BCUT2D eigenvalue weighted by Gasteiger charge is -2.32. The SMILES string of the molecule is CCCC(=O)N1CCC[C@@H](c2nccnc2Oc2ccc(NC(C)=O)cc2)C1. The zero-order valence-corrected chi connectivity index (χ0v) is 16.4. The van der Waals surface area contributed by atoms with Crippen molar-refractivity contribution in [3.63, 3.8) is 0 Å². The Hall–Kier alpha value is -2.96. The average molecular weight is 382 g/mol. The van der Waals surface area contributed by atoms with Gasteiger partial charge in [0.05, 0.1) is 0 Å². The van der Waals surface area contributed by atoms with Crippen molar-refractivity contribution in [1.82, 2.24) is 14.9 Å². The molecule has 0 spiro atoms. The second-order valence-electron chi connectivity index (χ2n) is 6.98. The van der Waals surface area contributed by atoms with Crippen molar-refractivity contribution < 1.29 is 14.3 Å². The zero-order valence-electron chi connectivity index (χ0n) is 16.4. The molecule has 1 saturated heterocycles. The van der Waals surface area contributed by atoms with Crippen LogP contribution in [0.2, 0.25) is 0 Å². The van der Waals surface area contributed by atoms with Crippen LogP contribution in [-0.2, 0) is 9.59 Å². The predicted molar refractivity (Wildman–Crippen MR) is 106 cm³/mol. The van der Waals surface area contributed by atoms with Crippen LogP contribution in [0.5, 0.6) is 11.6 Å². The van der Waals surface area contributed by atoms with Crippen LogP contribution in [0, 0.1) is 0 Å². The Morgan fingerprint density at radius 1 is 1.21 bits per heavy atom. The Balaban J connectivity index is 1.74. The summed E-state index contributed by atoms with van der Waals surface area (Å²) in [5, 5.41) is 2.72. The Labute approximate surface area is 165 Å². The maximum absolute atomic E-state index is 12.3. The maximum atomic E-state index is 12.3. The van der Waals surface area contributed by atoms with E-state index in [1.807, 2.05) is 11.8 Å². The summed E-state index contributed by atoms with van der Waals surface area (Å²) in [6.07, 6.45) is 6.60. The first kappa shape index (κ1) is 19.8. The van der Waals surface area contributed by atoms with Gasteiger partial charge in [-0.15, -0.1) is 0 Å². The predicted octanol–water partition coefficient (Wildman–Crippen LogP) is 3.73. The van der Waals surface area contributed by atoms with E-state index in [9.17, 15) is 9.59 Å². The number of likely N-dealkylation sites (tertiary alicyclic amines) is 1. The molecular formula is C21H26N4O3. The van der Waals surface area contributed by atoms with E-state index in [-0.39, 0.29) is 17.7 Å². The van der Waals surface area contributed by atoms with E-state index in [1.165, 1.54) is 6.92 Å². The van der Waals surface area contributed by atoms with Crippen LogP contribution in [0.3, 0.4) is 0 Å². The molecule has 1 atom stereocenters. The first-order valence-corrected chi connectivity index (χ1v) is 9.71. The standard InChI is InChI=1S/C21H26N4O3/c1-3-5-19(27)25-13-4-6-16(14-25)20-21(23-12-11-22-20)28-18-9-7-17(8-10-18)24-15(2)26/h7-12,16H,3-6,13-14H2,1-2H3,(H,24,26)/t16-/m1/s1. The van der Waals surface area contributed by atoms with Gasteiger partial charge in [-0.25, -0.2) is 4.98 Å². The van der Waals surface area contributed by atoms with Crippen molar-refractivity contribution in [3.8, 4) is 11.6 Å². The number of hydrogen-bond donors (Lipinski definition) is 1. The van der Waals surface area contributed by atoms with Gasteiger partial charge in [0.15, 0.2) is 0 Å². The van der Waals surface area contributed by atoms with Crippen molar-refractivity contribution in [1.29, 1.82) is 0 Å². The molecule has 2 heterocycles. The summed E-state index contributed by atoms with van der Waals surface area (Å²) in [7, 11) is 0. The second kappa shape index (κ2) is 9.30. The minimum atomic E-state index is -0.121. The number of nitrogens with zero attached hydrogens (tertiary/aromatic N) is 3. The van der Waals surface area contributed by atoms with Gasteiger partial charge in [-0.05, 0) is 43.5 Å². The first-order valence-electron chi connectivity index (χ1n) is 9.71. The minimum absolute atomic E-state index is 0.108. The van der Waals surface area contributed by atoms with E-state index in [0.29, 0.717) is 30.3 Å². The molecule has 2 aromatic rings. The molecule has 1 aromatic carbocycles. The van der Waals surface area contributed by atoms with Gasteiger partial charge in [0.1, 0.15) is 11.4 Å². The lowest BCUT2D eigenvalue weighted by molar-refractivity contribution is -0.132. The molecule has 1 aromatic heterocycles. The van der Waals surface area contributed by atoms with Gasteiger partial charge in [-0.3, -0.25) is 14.6 Å². The number of rotatable bonds is 6. The van der Waals surface area contributed by atoms with Crippen molar-refractivity contribution in [3.05, 3.63) is 42.4 Å². The fourth-order valence-corrected chi connectivity index (χ4v) is 3.41. The molecule has 0 saturated carbocycles. The summed E-state index contributed by atoms with van der Waals surface area (Å²) < 4.78 is 5.98. The number of nitrogens with one attached hydrogen (secondary N) is 1. The third-order valence-corrected chi connectivity index (χ3v) is 4.71. The lowest BCUT2D eigenvalue weighted by atomic mass is 9.94. The molecule has 1 N–H and O–H groups in total. The fourth-order valence-electron chi connectivity index (χ4n) is 3.41. The Bertz CT molecular complexity index is 823. The average Bonchev–Trinajstić information content (AvgIpc) is 2.70. The molecule has 1 fully saturated rings. The van der Waals surface area contributed by atoms with Gasteiger partial charge in [0, 0.05) is 50.4 Å². The number of aromatic nitrogens is 2. The highest BCUT2D eigenvalue weighted by atomic mass is 16.5. The topological polar surface area (TPSA) is 84.4 Å². The number of carbonyl (C=O) groups is 2. The van der Waals surface area contributed by atoms with Crippen LogP contribution < -0.4 is 10.1 Å². The van der Waals surface area contributed by atoms with Gasteiger partial charge in [-0.1, -0.05) is 6.92 Å². The summed E-state index contributed by atoms with van der Waals surface area (Å²) >= 11 is 0. The zero-order chi connectivity index (χ0) is 19.9. The number of hydrogen-bond acceptors (Lipinski definition) is 5. The van der Waals surface area contributed by atoms with Crippen LogP contribution in [0.25, 0.3) is 0 Å². The van der Waals surface area contributed by atoms with Crippen LogP contribution in [0.4, 0.5) is 5.69 Å². The largest absolute Gasteiger partial charge is 0.437 e. The summed E-state index contributed by atoms with van der Waals surface area (Å²) in [5.74, 6) is 1.27. The maximum Gasteiger partial charge on any atom is 0.241 e. The van der Waals surface area contributed by atoms with Crippen LogP contribution in [0.15, 0.2) is 36.7 Å². The van der Waals surface area contributed by atoms with Crippen LogP contribution >= 0.6 is 0 Å². The summed E-state index contributed by atoms with van der Waals surface area (Å²) in [5.41, 5.74) is 1.49. The fraction of sp³-hybridized carbons (Fsp3) is 0.429. The number of benzene rings is 1. The van der Waals surface area contributed by atoms with Gasteiger partial charge < -0.3 is 15.0 Å². The molecule has 7 heteroatoms. The monoisotopic (exact) mass is 382 g/mol. The molecule has 28 heavy (non-hydrogen) atoms. The van der Waals surface area contributed by atoms with Crippen molar-refractivity contribution in [2.45, 2.75) is 45.4 Å². The Kier molecular flexibility index (Phi) is 6.57. The number of anilines is 1. The van der Waals surface area contributed by atoms with E-state index >= 15 is 0 Å². The second-order valence-corrected chi connectivity index (χ2v) is 6.98. The highest BCUT2D eigenvalue weighted by Crippen LogP contribution is 2.33. The number of carbonyl (C=O) groups excluding carboxylic acids is 2. The molecule has 0 aliphatic carbocycles. The first-order chi connectivity index (χ1) is 13.6. The van der Waals surface area contributed by atoms with Crippen molar-refractivity contribution >= 4 is 17.5 Å². The van der Waals surface area contributed by atoms with Gasteiger partial charge >= 0.3 is 0 Å². The van der Waals surface area contributed by atoms with E-state index in [2.05, 4.69) is 15.3 Å². The van der Waals surface area contributed by atoms with Gasteiger partial charge in [0.25, 0.3) is 0 Å². The van der Waals surface area contributed by atoms with E-state index in [0.717, 1.165) is 31.5 Å². The van der Waals surface area contributed by atoms with Crippen LogP contribution in [0.1, 0.15) is 51.1 Å². The third kappa shape index (κ3) is 5.06. The van der Waals surface area contributed by atoms with E-state index < -0.39 is 0 Å². The van der Waals surface area contributed by atoms with Crippen molar-refractivity contribution in [2.75, 3.05) is 18.4 Å². The highest BCUT2D eigenvalue weighted by molar-refractivity contribution is 5.88. The highest BCUT2D eigenvalue weighted by Gasteiger charge is 2.28. The quantitative estimate of drug-likeness (QED) is 0.823. The molecule has 148 valence electrons. The molecule has 1 aliphatic rings. The normalized spacial score (nSPS) is 16.5. The molecule has 0 bridgehead atoms. The van der Waals surface area contributed by atoms with Crippen LogP contribution in [-0.4, -0.2) is 39.8 Å². The van der Waals surface area contributed by atoms with E-state index in [4.69, 9.17) is 4.74 Å². The molecule has 0 radical (unpaired) electrons. The number of amides is 2. The number of piperidine rings is 1. The summed E-state index contributed by atoms with van der Waals surface area (Å²) in [6.45, 7) is 4.94. The molecular weight excluding hydrogens is 356 g/mol. The van der Waals surface area contributed by atoms with Crippen molar-refractivity contribution in [2.24, 2.45) is 0 Å². The molecule has 0 unspecified atom stereocenters. The summed E-state index contributed by atoms with van der Waals surface area (Å²) in [4.78, 5) is 34.2. The molecule has 2 amide bonds. The third-order valence-electron chi connectivity index (χ3n) is 4.71. The van der Waals surface area contributed by atoms with E-state index in [1.54, 1.807) is 36.7 Å². The smallest absolute Gasteiger partial charge is 0.241 e. The lowest BCUT2D eigenvalue weighted by Crippen LogP contribution is -2.39. The Morgan fingerprint density at radius 2 is 1.96 bits per heavy atom.